The maximum Gasteiger partial charge on any atom is 0.280 e. The van der Waals surface area contributed by atoms with Gasteiger partial charge < -0.3 is 14.2 Å². The number of hydrogen-bond donors (Lipinski definition) is 3. The first-order valence-electron chi connectivity index (χ1n) is 10.9. The van der Waals surface area contributed by atoms with Gasteiger partial charge in [0.25, 0.3) is 5.91 Å². The summed E-state index contributed by atoms with van der Waals surface area (Å²) in [6.07, 6.45) is 5.12. The predicted octanol–water partition coefficient (Wildman–Crippen LogP) is 2.49. The Labute approximate surface area is 211 Å². The second-order valence-electron chi connectivity index (χ2n) is 8.12. The highest BCUT2D eigenvalue weighted by molar-refractivity contribution is 7.93. The molecule has 10 nitrogen and oxygen atoms in total. The number of methoxy groups -OCH3 is 3. The third kappa shape index (κ3) is 5.70. The Kier molecular flexibility index (Phi) is 10.3. The van der Waals surface area contributed by atoms with E-state index >= 15 is 0 Å². The normalized spacial score (nSPS) is 19.7. The molecule has 12 heteroatoms. The molecule has 1 saturated carbocycles. The summed E-state index contributed by atoms with van der Waals surface area (Å²) in [5, 5.41) is 12.7. The van der Waals surface area contributed by atoms with E-state index in [4.69, 9.17) is 14.2 Å². The molecule has 3 N–H and O–H groups in total. The number of hydrogen-bond acceptors (Lipinski definition) is 9. The quantitative estimate of drug-likeness (QED) is 0.313. The van der Waals surface area contributed by atoms with E-state index < -0.39 is 26.5 Å². The zero-order valence-electron chi connectivity index (χ0n) is 19.9. The summed E-state index contributed by atoms with van der Waals surface area (Å²) >= 11 is 0. The van der Waals surface area contributed by atoms with Crippen molar-refractivity contribution in [3.8, 4) is 11.5 Å². The fourth-order valence-electron chi connectivity index (χ4n) is 4.54. The molecule has 1 heterocycles. The minimum Gasteiger partial charge on any atom is -0.493 e. The average Bonchev–Trinajstić information content (AvgIpc) is 2.89. The molecule has 0 spiro atoms. The van der Waals surface area contributed by atoms with Gasteiger partial charge in [0.15, 0.2) is 11.5 Å². The number of halogens is 1. The van der Waals surface area contributed by atoms with E-state index in [9.17, 15) is 18.4 Å². The summed E-state index contributed by atoms with van der Waals surface area (Å²) in [5.41, 5.74) is 2.35. The third-order valence-corrected chi connectivity index (χ3v) is 8.80. The Balaban J connectivity index is 0.00000432. The van der Waals surface area contributed by atoms with E-state index in [0.29, 0.717) is 31.4 Å². The molecule has 1 aliphatic rings. The lowest BCUT2D eigenvalue weighted by molar-refractivity contribution is -0.135. The molecule has 1 fully saturated rings. The van der Waals surface area contributed by atoms with E-state index in [-0.39, 0.29) is 35.7 Å². The van der Waals surface area contributed by atoms with Crippen LogP contribution in [0.25, 0.3) is 0 Å². The number of carbonyl (C=O) groups is 1. The number of benzene rings is 1. The first-order chi connectivity index (χ1) is 16.3. The topological polar surface area (TPSA) is 136 Å². The van der Waals surface area contributed by atoms with Gasteiger partial charge in [-0.25, -0.2) is 13.9 Å². The van der Waals surface area contributed by atoms with E-state index in [0.717, 1.165) is 5.56 Å². The van der Waals surface area contributed by atoms with Crippen molar-refractivity contribution in [3.63, 3.8) is 0 Å². The molecular weight excluding hydrogens is 498 g/mol. The van der Waals surface area contributed by atoms with Gasteiger partial charge in [0.1, 0.15) is 0 Å². The minimum absolute atomic E-state index is 0. The van der Waals surface area contributed by atoms with E-state index in [1.54, 1.807) is 37.1 Å². The van der Waals surface area contributed by atoms with Crippen molar-refractivity contribution in [2.75, 3.05) is 21.3 Å². The number of nitrogens with zero attached hydrogens (tertiary/aromatic N) is 1. The predicted molar refractivity (Wildman–Crippen MR) is 130 cm³/mol. The van der Waals surface area contributed by atoms with Crippen LogP contribution in [0.4, 0.5) is 0 Å². The molecule has 1 aromatic carbocycles. The Bertz CT molecular complexity index is 1080. The number of amides is 1. The number of carbonyl (C=O) groups excluding carboxylic acids is 1. The van der Waals surface area contributed by atoms with Gasteiger partial charge in [-0.15, -0.1) is 12.4 Å². The van der Waals surface area contributed by atoms with Gasteiger partial charge in [0, 0.05) is 38.0 Å². The molecular formula is C23H32ClN3O7S. The van der Waals surface area contributed by atoms with E-state index in [1.807, 2.05) is 0 Å². The molecule has 0 unspecified atom stereocenters. The molecule has 3 rings (SSSR count). The SMILES string of the molecule is COc1ccc(S(=O)(=O)[C@@](NCc2ccncc2)(C(=O)NO)C2CCC(OC)CC2)cc1OC.Cl. The van der Waals surface area contributed by atoms with Gasteiger partial charge in [-0.3, -0.25) is 20.3 Å². The molecule has 1 amide bonds. The number of sulfone groups is 1. The summed E-state index contributed by atoms with van der Waals surface area (Å²) in [4.78, 5) is 15.0. The van der Waals surface area contributed by atoms with Crippen LogP contribution in [-0.4, -0.2) is 56.8 Å². The van der Waals surface area contributed by atoms with Crippen molar-refractivity contribution >= 4 is 28.2 Å². The zero-order chi connectivity index (χ0) is 24.8. The number of hydroxylamine groups is 1. The molecule has 2 aromatic rings. The van der Waals surface area contributed by atoms with Gasteiger partial charge in [0.05, 0.1) is 25.2 Å². The molecule has 0 saturated heterocycles. The Morgan fingerprint density at radius 1 is 1.06 bits per heavy atom. The molecule has 1 aliphatic carbocycles. The summed E-state index contributed by atoms with van der Waals surface area (Å²) in [6.45, 7) is 0.0622. The van der Waals surface area contributed by atoms with Crippen LogP contribution in [-0.2, 0) is 25.9 Å². The van der Waals surface area contributed by atoms with Crippen LogP contribution in [0.1, 0.15) is 31.2 Å². The van der Waals surface area contributed by atoms with Gasteiger partial charge >= 0.3 is 0 Å². The summed E-state index contributed by atoms with van der Waals surface area (Å²) in [5.74, 6) is -1.12. The Morgan fingerprint density at radius 3 is 2.23 bits per heavy atom. The molecule has 194 valence electrons. The number of nitrogens with one attached hydrogen (secondary N) is 2. The molecule has 0 aliphatic heterocycles. The van der Waals surface area contributed by atoms with Crippen LogP contribution >= 0.6 is 12.4 Å². The monoisotopic (exact) mass is 529 g/mol. The van der Waals surface area contributed by atoms with Crippen LogP contribution in [0.3, 0.4) is 0 Å². The molecule has 1 atom stereocenters. The fourth-order valence-corrected chi connectivity index (χ4v) is 6.65. The highest BCUT2D eigenvalue weighted by Crippen LogP contribution is 2.42. The van der Waals surface area contributed by atoms with Crippen molar-refractivity contribution in [2.45, 2.75) is 48.1 Å². The molecule has 0 radical (unpaired) electrons. The first-order valence-corrected chi connectivity index (χ1v) is 12.4. The summed E-state index contributed by atoms with van der Waals surface area (Å²) < 4.78 is 44.4. The van der Waals surface area contributed by atoms with Crippen molar-refractivity contribution in [2.24, 2.45) is 5.92 Å². The first kappa shape index (κ1) is 28.8. The lowest BCUT2D eigenvalue weighted by atomic mass is 9.81. The van der Waals surface area contributed by atoms with Crippen LogP contribution in [0.15, 0.2) is 47.6 Å². The largest absolute Gasteiger partial charge is 0.493 e. The van der Waals surface area contributed by atoms with Gasteiger partial charge in [0.2, 0.25) is 14.7 Å². The van der Waals surface area contributed by atoms with Gasteiger partial charge in [-0.1, -0.05) is 0 Å². The minimum atomic E-state index is -4.40. The van der Waals surface area contributed by atoms with Crippen LogP contribution in [0, 0.1) is 5.92 Å². The number of rotatable bonds is 10. The number of pyridine rings is 1. The maximum absolute atomic E-state index is 14.2. The lowest BCUT2D eigenvalue weighted by Gasteiger charge is -2.42. The number of ether oxygens (including phenoxy) is 3. The second-order valence-corrected chi connectivity index (χ2v) is 10.2. The molecule has 0 bridgehead atoms. The van der Waals surface area contributed by atoms with Crippen LogP contribution in [0.5, 0.6) is 11.5 Å². The van der Waals surface area contributed by atoms with Gasteiger partial charge in [-0.05, 0) is 55.5 Å². The van der Waals surface area contributed by atoms with Crippen molar-refractivity contribution in [3.05, 3.63) is 48.3 Å². The Morgan fingerprint density at radius 2 is 1.69 bits per heavy atom. The summed E-state index contributed by atoms with van der Waals surface area (Å²) in [7, 11) is 0.0541. The number of aromatic nitrogens is 1. The zero-order valence-corrected chi connectivity index (χ0v) is 21.5. The average molecular weight is 530 g/mol. The Hall–Kier alpha value is -2.44. The van der Waals surface area contributed by atoms with Crippen molar-refractivity contribution in [1.29, 1.82) is 0 Å². The van der Waals surface area contributed by atoms with E-state index in [1.165, 1.54) is 32.4 Å². The second kappa shape index (κ2) is 12.5. The third-order valence-electron chi connectivity index (χ3n) is 6.41. The van der Waals surface area contributed by atoms with Crippen molar-refractivity contribution < 1.29 is 32.6 Å². The maximum atomic E-state index is 14.2. The summed E-state index contributed by atoms with van der Waals surface area (Å²) in [6, 6.07) is 7.60. The van der Waals surface area contributed by atoms with Crippen LogP contribution < -0.4 is 20.3 Å². The lowest BCUT2D eigenvalue weighted by Crippen LogP contribution is -2.66. The van der Waals surface area contributed by atoms with Gasteiger partial charge in [-0.2, -0.15) is 0 Å². The molecule has 1 aromatic heterocycles. The highest BCUT2D eigenvalue weighted by atomic mass is 35.5. The standard InChI is InChI=1S/C23H31N3O7S.ClH/c1-31-18-6-4-17(5-7-18)23(22(27)26-28,25-15-16-10-12-24-13-11-16)34(29,30)19-8-9-20(32-2)21(14-19)33-3;/h8-14,17-18,25,28H,4-7,15H2,1-3H3,(H,26,27);1H/t17?,18?,23-;/m1./s1. The van der Waals surface area contributed by atoms with E-state index in [2.05, 4.69) is 10.3 Å². The molecule has 35 heavy (non-hydrogen) atoms. The fraction of sp³-hybridized carbons (Fsp3) is 0.478. The van der Waals surface area contributed by atoms with Crippen LogP contribution in [0.2, 0.25) is 0 Å². The highest BCUT2D eigenvalue weighted by Gasteiger charge is 2.57. The van der Waals surface area contributed by atoms with Crippen molar-refractivity contribution in [1.82, 2.24) is 15.8 Å². The smallest absolute Gasteiger partial charge is 0.280 e.